The molecule has 7 nitrogen and oxygen atoms in total. The average molecular weight is 387 g/mol. The normalized spacial score (nSPS) is 11.9. The third-order valence-electron chi connectivity index (χ3n) is 4.63. The van der Waals surface area contributed by atoms with Crippen molar-refractivity contribution in [3.8, 4) is 17.0 Å². The lowest BCUT2D eigenvalue weighted by atomic mass is 10.1. The molecule has 1 N–H and O–H groups in total. The van der Waals surface area contributed by atoms with Gasteiger partial charge in [0.15, 0.2) is 11.7 Å². The molecule has 4 rings (SSSR count). The maximum atomic E-state index is 12.3. The molecule has 7 heteroatoms. The number of carbonyl (C=O) groups is 1. The Bertz CT molecular complexity index is 1060. The molecule has 2 heterocycles. The number of hydrogen-bond donors (Lipinski definition) is 1. The maximum Gasteiger partial charge on any atom is 0.220 e. The second kappa shape index (κ2) is 8.52. The summed E-state index contributed by atoms with van der Waals surface area (Å²) >= 11 is 0. The Kier molecular flexibility index (Phi) is 5.47. The molecule has 0 unspecified atom stereocenters. The van der Waals surface area contributed by atoms with Crippen LogP contribution in [-0.4, -0.2) is 25.7 Å². The largest absolute Gasteiger partial charge is 0.441 e. The van der Waals surface area contributed by atoms with Crippen molar-refractivity contribution in [1.29, 1.82) is 0 Å². The molecule has 146 valence electrons. The number of nitrogens with one attached hydrogen (secondary N) is 1. The molecule has 0 spiro atoms. The zero-order chi connectivity index (χ0) is 20.1. The quantitative estimate of drug-likeness (QED) is 0.522. The van der Waals surface area contributed by atoms with Crippen molar-refractivity contribution in [2.24, 2.45) is 0 Å². The van der Waals surface area contributed by atoms with E-state index in [2.05, 4.69) is 20.4 Å². The van der Waals surface area contributed by atoms with Crippen molar-refractivity contribution in [1.82, 2.24) is 25.1 Å². The van der Waals surface area contributed by atoms with Crippen LogP contribution in [0.15, 0.2) is 77.9 Å². The predicted octanol–water partition coefficient (Wildman–Crippen LogP) is 3.73. The van der Waals surface area contributed by atoms with Crippen molar-refractivity contribution < 1.29 is 9.21 Å². The summed E-state index contributed by atoms with van der Waals surface area (Å²) in [6.07, 6.45) is 5.61. The van der Waals surface area contributed by atoms with Crippen LogP contribution in [0.5, 0.6) is 0 Å². The van der Waals surface area contributed by atoms with E-state index in [1.54, 1.807) is 17.2 Å². The molecule has 2 aromatic carbocycles. The Morgan fingerprint density at radius 2 is 1.93 bits per heavy atom. The highest BCUT2D eigenvalue weighted by Crippen LogP contribution is 2.20. The Labute approximate surface area is 168 Å². The standard InChI is InChI=1S/C22H21N5O2/c1-16(17-7-9-19(10-8-17)27-15-23-14-25-27)26-21(28)11-12-22-24-13-20(29-22)18-5-3-2-4-6-18/h2-10,13-16H,11-12H2,1H3,(H,26,28)/t16-/m0/s1. The smallest absolute Gasteiger partial charge is 0.220 e. The van der Waals surface area contributed by atoms with E-state index in [0.29, 0.717) is 24.5 Å². The molecule has 4 aromatic rings. The lowest BCUT2D eigenvalue weighted by molar-refractivity contribution is -0.121. The van der Waals surface area contributed by atoms with Crippen molar-refractivity contribution in [2.75, 3.05) is 0 Å². The fraction of sp³-hybridized carbons (Fsp3) is 0.182. The minimum absolute atomic E-state index is 0.0442. The van der Waals surface area contributed by atoms with Gasteiger partial charge in [-0.25, -0.2) is 14.6 Å². The predicted molar refractivity (Wildman–Crippen MR) is 108 cm³/mol. The van der Waals surface area contributed by atoms with E-state index in [9.17, 15) is 4.79 Å². The summed E-state index contributed by atoms with van der Waals surface area (Å²) in [5, 5.41) is 7.12. The molecule has 0 bridgehead atoms. The monoisotopic (exact) mass is 387 g/mol. The molecule has 0 saturated carbocycles. The van der Waals surface area contributed by atoms with Crippen molar-refractivity contribution in [3.05, 3.63) is 84.9 Å². The van der Waals surface area contributed by atoms with Gasteiger partial charge < -0.3 is 9.73 Å². The minimum atomic E-state index is -0.100. The van der Waals surface area contributed by atoms with Crippen molar-refractivity contribution in [2.45, 2.75) is 25.8 Å². The molecule has 1 atom stereocenters. The van der Waals surface area contributed by atoms with Gasteiger partial charge in [-0.15, -0.1) is 0 Å². The molecular weight excluding hydrogens is 366 g/mol. The van der Waals surface area contributed by atoms with E-state index < -0.39 is 0 Å². The van der Waals surface area contributed by atoms with Gasteiger partial charge >= 0.3 is 0 Å². The zero-order valence-corrected chi connectivity index (χ0v) is 16.0. The summed E-state index contributed by atoms with van der Waals surface area (Å²) in [6, 6.07) is 17.5. The van der Waals surface area contributed by atoms with E-state index in [1.165, 1.54) is 6.33 Å². The van der Waals surface area contributed by atoms with E-state index >= 15 is 0 Å². The first-order valence-electron chi connectivity index (χ1n) is 9.43. The number of nitrogens with zero attached hydrogens (tertiary/aromatic N) is 4. The summed E-state index contributed by atoms with van der Waals surface area (Å²) in [6.45, 7) is 1.96. The first kappa shape index (κ1) is 18.6. The molecule has 0 saturated heterocycles. The van der Waals surface area contributed by atoms with Gasteiger partial charge in [-0.1, -0.05) is 42.5 Å². The van der Waals surface area contributed by atoms with Gasteiger partial charge in [0.25, 0.3) is 0 Å². The summed E-state index contributed by atoms with van der Waals surface area (Å²) in [4.78, 5) is 20.5. The van der Waals surface area contributed by atoms with E-state index in [4.69, 9.17) is 4.42 Å². The highest BCUT2D eigenvalue weighted by Gasteiger charge is 2.12. The number of hydrogen-bond acceptors (Lipinski definition) is 5. The Morgan fingerprint density at radius 1 is 1.14 bits per heavy atom. The maximum absolute atomic E-state index is 12.3. The van der Waals surface area contributed by atoms with Crippen LogP contribution in [0.1, 0.15) is 30.8 Å². The van der Waals surface area contributed by atoms with Crippen LogP contribution in [0.25, 0.3) is 17.0 Å². The Morgan fingerprint density at radius 3 is 2.66 bits per heavy atom. The van der Waals surface area contributed by atoms with Crippen LogP contribution in [0, 0.1) is 0 Å². The first-order valence-corrected chi connectivity index (χ1v) is 9.43. The average Bonchev–Trinajstić information content (AvgIpc) is 3.45. The molecular formula is C22H21N5O2. The van der Waals surface area contributed by atoms with Gasteiger partial charge in [0.1, 0.15) is 12.7 Å². The molecule has 0 fully saturated rings. The van der Waals surface area contributed by atoms with Crippen LogP contribution >= 0.6 is 0 Å². The van der Waals surface area contributed by atoms with Crippen molar-refractivity contribution in [3.63, 3.8) is 0 Å². The van der Waals surface area contributed by atoms with Gasteiger partial charge in [-0.3, -0.25) is 4.79 Å². The zero-order valence-electron chi connectivity index (χ0n) is 16.0. The number of carbonyl (C=O) groups excluding carboxylic acids is 1. The van der Waals surface area contributed by atoms with Crippen LogP contribution in [0.2, 0.25) is 0 Å². The molecule has 1 amide bonds. The lowest BCUT2D eigenvalue weighted by Crippen LogP contribution is -2.26. The Balaban J connectivity index is 1.30. The van der Waals surface area contributed by atoms with E-state index in [-0.39, 0.29) is 11.9 Å². The van der Waals surface area contributed by atoms with E-state index in [0.717, 1.165) is 16.8 Å². The van der Waals surface area contributed by atoms with Crippen LogP contribution in [0.4, 0.5) is 0 Å². The van der Waals surface area contributed by atoms with Crippen LogP contribution < -0.4 is 5.32 Å². The summed E-state index contributed by atoms with van der Waals surface area (Å²) < 4.78 is 7.44. The van der Waals surface area contributed by atoms with Gasteiger partial charge in [0.2, 0.25) is 5.91 Å². The topological polar surface area (TPSA) is 85.8 Å². The second-order valence-corrected chi connectivity index (χ2v) is 6.71. The minimum Gasteiger partial charge on any atom is -0.441 e. The summed E-state index contributed by atoms with van der Waals surface area (Å²) in [7, 11) is 0. The Hall–Kier alpha value is -3.74. The number of oxazole rings is 1. The van der Waals surface area contributed by atoms with Crippen LogP contribution in [-0.2, 0) is 11.2 Å². The summed E-state index contributed by atoms with van der Waals surface area (Å²) in [5.41, 5.74) is 2.91. The fourth-order valence-electron chi connectivity index (χ4n) is 3.04. The first-order chi connectivity index (χ1) is 14.2. The third kappa shape index (κ3) is 4.57. The second-order valence-electron chi connectivity index (χ2n) is 6.71. The number of aryl methyl sites for hydroxylation is 1. The SMILES string of the molecule is C[C@H](NC(=O)CCc1ncc(-c2ccccc2)o1)c1ccc(-n2cncn2)cc1. The highest BCUT2D eigenvalue weighted by molar-refractivity contribution is 5.76. The van der Waals surface area contributed by atoms with Gasteiger partial charge in [0.05, 0.1) is 17.9 Å². The van der Waals surface area contributed by atoms with Gasteiger partial charge in [0, 0.05) is 18.4 Å². The number of benzene rings is 2. The third-order valence-corrected chi connectivity index (χ3v) is 4.63. The fourth-order valence-corrected chi connectivity index (χ4v) is 3.04. The molecule has 0 radical (unpaired) electrons. The molecule has 0 aliphatic heterocycles. The molecule has 0 aliphatic carbocycles. The number of aromatic nitrogens is 4. The molecule has 2 aromatic heterocycles. The van der Waals surface area contributed by atoms with Gasteiger partial charge in [-0.2, -0.15) is 5.10 Å². The molecule has 0 aliphatic rings. The van der Waals surface area contributed by atoms with E-state index in [1.807, 2.05) is 61.5 Å². The van der Waals surface area contributed by atoms with Gasteiger partial charge in [-0.05, 0) is 24.6 Å². The molecule has 29 heavy (non-hydrogen) atoms. The van der Waals surface area contributed by atoms with Crippen molar-refractivity contribution >= 4 is 5.91 Å². The summed E-state index contributed by atoms with van der Waals surface area (Å²) in [5.74, 6) is 1.23. The highest BCUT2D eigenvalue weighted by atomic mass is 16.4. The van der Waals surface area contributed by atoms with Crippen LogP contribution in [0.3, 0.4) is 0 Å². The lowest BCUT2D eigenvalue weighted by Gasteiger charge is -2.14. The number of rotatable bonds is 7. The number of amides is 1.